The number of hydrogen-bond donors (Lipinski definition) is 1. The van der Waals surface area contributed by atoms with Gasteiger partial charge in [0.1, 0.15) is 11.9 Å². The van der Waals surface area contributed by atoms with Crippen LogP contribution in [0.3, 0.4) is 0 Å². The molecule has 0 unspecified atom stereocenters. The van der Waals surface area contributed by atoms with Crippen LogP contribution in [0.15, 0.2) is 18.3 Å². The third-order valence-corrected chi connectivity index (χ3v) is 2.50. The maximum Gasteiger partial charge on any atom is 0.228 e. The molecule has 0 aliphatic carbocycles. The zero-order valence-electron chi connectivity index (χ0n) is 9.53. The van der Waals surface area contributed by atoms with Crippen LogP contribution in [0.25, 0.3) is 0 Å². The number of carbonyl (C=O) groups excluding carboxylic acids is 1. The molecule has 0 aromatic carbocycles. The Morgan fingerprint density at radius 3 is 2.62 bits per heavy atom. The number of pyridine rings is 1. The first kappa shape index (κ1) is 12.2. The number of nitrogens with one attached hydrogen (secondary N) is 1. The molecule has 0 aliphatic heterocycles. The number of carbonyl (C=O) groups is 1. The molecule has 0 radical (unpaired) electrons. The van der Waals surface area contributed by atoms with Crippen molar-refractivity contribution in [2.24, 2.45) is 5.92 Å². The van der Waals surface area contributed by atoms with Crippen LogP contribution in [0.1, 0.15) is 32.3 Å². The Hall–Kier alpha value is -1.89. The van der Waals surface area contributed by atoms with Gasteiger partial charge in [0, 0.05) is 12.1 Å². The van der Waals surface area contributed by atoms with Crippen LogP contribution in [0, 0.1) is 17.2 Å². The molecule has 4 heteroatoms. The molecule has 1 aromatic rings. The number of aromatic nitrogens is 1. The smallest absolute Gasteiger partial charge is 0.228 e. The van der Waals surface area contributed by atoms with Crippen molar-refractivity contribution in [3.05, 3.63) is 23.9 Å². The van der Waals surface area contributed by atoms with Gasteiger partial charge in [0.2, 0.25) is 5.91 Å². The summed E-state index contributed by atoms with van der Waals surface area (Å²) >= 11 is 0. The normalized spacial score (nSPS) is 9.88. The van der Waals surface area contributed by atoms with Gasteiger partial charge in [-0.05, 0) is 25.0 Å². The lowest BCUT2D eigenvalue weighted by atomic mass is 10.0. The number of rotatable bonds is 4. The predicted octanol–water partition coefficient (Wildman–Crippen LogP) is 2.33. The van der Waals surface area contributed by atoms with Crippen LogP contribution in [0.2, 0.25) is 0 Å². The van der Waals surface area contributed by atoms with E-state index in [-0.39, 0.29) is 11.8 Å². The van der Waals surface area contributed by atoms with E-state index in [1.165, 1.54) is 6.20 Å². The molecule has 1 N–H and O–H groups in total. The predicted molar refractivity (Wildman–Crippen MR) is 61.7 cm³/mol. The second-order valence-corrected chi connectivity index (χ2v) is 3.55. The van der Waals surface area contributed by atoms with E-state index in [0.29, 0.717) is 11.4 Å². The monoisotopic (exact) mass is 217 g/mol. The highest BCUT2D eigenvalue weighted by molar-refractivity contribution is 5.91. The summed E-state index contributed by atoms with van der Waals surface area (Å²) < 4.78 is 0. The fourth-order valence-electron chi connectivity index (χ4n) is 1.42. The maximum absolute atomic E-state index is 11.7. The van der Waals surface area contributed by atoms with Crippen molar-refractivity contribution in [3.8, 4) is 6.07 Å². The summed E-state index contributed by atoms with van der Waals surface area (Å²) in [4.78, 5) is 15.7. The molecule has 0 saturated carbocycles. The molecule has 0 aliphatic rings. The fraction of sp³-hybridized carbons (Fsp3) is 0.417. The Bertz CT molecular complexity index is 388. The Morgan fingerprint density at radius 2 is 2.19 bits per heavy atom. The molecule has 0 fully saturated rings. The van der Waals surface area contributed by atoms with Crippen molar-refractivity contribution in [1.29, 1.82) is 5.26 Å². The molecular weight excluding hydrogens is 202 g/mol. The third kappa shape index (κ3) is 3.06. The zero-order chi connectivity index (χ0) is 12.0. The van der Waals surface area contributed by atoms with Crippen LogP contribution in [0.5, 0.6) is 0 Å². The first-order chi connectivity index (χ1) is 7.71. The first-order valence-corrected chi connectivity index (χ1v) is 5.38. The van der Waals surface area contributed by atoms with Gasteiger partial charge < -0.3 is 5.32 Å². The Labute approximate surface area is 95.3 Å². The fourth-order valence-corrected chi connectivity index (χ4v) is 1.42. The highest BCUT2D eigenvalue weighted by atomic mass is 16.1. The van der Waals surface area contributed by atoms with Crippen LogP contribution in [0.4, 0.5) is 5.82 Å². The molecule has 4 nitrogen and oxygen atoms in total. The molecule has 0 saturated heterocycles. The van der Waals surface area contributed by atoms with E-state index >= 15 is 0 Å². The summed E-state index contributed by atoms with van der Waals surface area (Å²) in [6, 6.07) is 5.25. The molecule has 16 heavy (non-hydrogen) atoms. The summed E-state index contributed by atoms with van der Waals surface area (Å²) in [6.45, 7) is 3.97. The minimum atomic E-state index is -0.0118. The Kier molecular flexibility index (Phi) is 4.46. The number of nitriles is 1. The van der Waals surface area contributed by atoms with E-state index in [0.717, 1.165) is 12.8 Å². The number of anilines is 1. The van der Waals surface area contributed by atoms with Gasteiger partial charge in [-0.25, -0.2) is 4.98 Å². The molecule has 1 amide bonds. The van der Waals surface area contributed by atoms with E-state index in [2.05, 4.69) is 10.3 Å². The Morgan fingerprint density at radius 1 is 1.50 bits per heavy atom. The van der Waals surface area contributed by atoms with Crippen LogP contribution in [-0.4, -0.2) is 10.9 Å². The van der Waals surface area contributed by atoms with Crippen molar-refractivity contribution in [2.45, 2.75) is 26.7 Å². The van der Waals surface area contributed by atoms with Gasteiger partial charge in [-0.15, -0.1) is 0 Å². The molecule has 0 spiro atoms. The summed E-state index contributed by atoms with van der Waals surface area (Å²) in [5.41, 5.74) is 0.487. The quantitative estimate of drug-likeness (QED) is 0.841. The van der Waals surface area contributed by atoms with Crippen LogP contribution in [-0.2, 0) is 4.79 Å². The summed E-state index contributed by atoms with van der Waals surface area (Å²) in [6.07, 6.45) is 3.08. The van der Waals surface area contributed by atoms with Gasteiger partial charge in [-0.2, -0.15) is 5.26 Å². The van der Waals surface area contributed by atoms with Crippen molar-refractivity contribution in [3.63, 3.8) is 0 Å². The largest absolute Gasteiger partial charge is 0.310 e. The molecular formula is C12H15N3O. The molecule has 0 atom stereocenters. The zero-order valence-corrected chi connectivity index (χ0v) is 9.53. The van der Waals surface area contributed by atoms with Gasteiger partial charge in [0.05, 0.1) is 5.56 Å². The van der Waals surface area contributed by atoms with Crippen LogP contribution < -0.4 is 5.32 Å². The van der Waals surface area contributed by atoms with Gasteiger partial charge in [-0.1, -0.05) is 13.8 Å². The van der Waals surface area contributed by atoms with Gasteiger partial charge in [0.15, 0.2) is 0 Å². The number of amides is 1. The molecule has 0 bridgehead atoms. The average molecular weight is 217 g/mol. The lowest BCUT2D eigenvalue weighted by Gasteiger charge is -2.11. The lowest BCUT2D eigenvalue weighted by molar-refractivity contribution is -0.120. The topological polar surface area (TPSA) is 65.8 Å². The number of hydrogen-bond acceptors (Lipinski definition) is 3. The highest BCUT2D eigenvalue weighted by Gasteiger charge is 2.14. The van der Waals surface area contributed by atoms with Crippen molar-refractivity contribution >= 4 is 11.7 Å². The molecule has 1 rings (SSSR count). The van der Waals surface area contributed by atoms with E-state index in [4.69, 9.17) is 5.26 Å². The first-order valence-electron chi connectivity index (χ1n) is 5.38. The summed E-state index contributed by atoms with van der Waals surface area (Å²) in [7, 11) is 0. The minimum absolute atomic E-state index is 0.0118. The van der Waals surface area contributed by atoms with E-state index in [9.17, 15) is 4.79 Å². The van der Waals surface area contributed by atoms with E-state index in [1.54, 1.807) is 12.1 Å². The minimum Gasteiger partial charge on any atom is -0.310 e. The summed E-state index contributed by atoms with van der Waals surface area (Å²) in [5.74, 6) is 0.510. The van der Waals surface area contributed by atoms with Crippen LogP contribution >= 0.6 is 0 Å². The highest BCUT2D eigenvalue weighted by Crippen LogP contribution is 2.11. The van der Waals surface area contributed by atoms with Crippen molar-refractivity contribution in [1.82, 2.24) is 4.98 Å². The van der Waals surface area contributed by atoms with E-state index < -0.39 is 0 Å². The standard InChI is InChI=1S/C12H15N3O/c1-3-10(4-2)12(16)15-11-6-5-9(7-13)8-14-11/h5-6,8,10H,3-4H2,1-2H3,(H,14,15,16). The molecule has 84 valence electrons. The van der Waals surface area contributed by atoms with Gasteiger partial charge in [-0.3, -0.25) is 4.79 Å². The second-order valence-electron chi connectivity index (χ2n) is 3.55. The number of nitrogens with zero attached hydrogens (tertiary/aromatic N) is 2. The van der Waals surface area contributed by atoms with Gasteiger partial charge >= 0.3 is 0 Å². The Balaban J connectivity index is 2.66. The SMILES string of the molecule is CCC(CC)C(=O)Nc1ccc(C#N)cn1. The van der Waals surface area contributed by atoms with Crippen molar-refractivity contribution < 1.29 is 4.79 Å². The average Bonchev–Trinajstić information content (AvgIpc) is 2.31. The lowest BCUT2D eigenvalue weighted by Crippen LogP contribution is -2.22. The third-order valence-electron chi connectivity index (χ3n) is 2.50. The van der Waals surface area contributed by atoms with Gasteiger partial charge in [0.25, 0.3) is 0 Å². The molecule has 1 aromatic heterocycles. The maximum atomic E-state index is 11.7. The van der Waals surface area contributed by atoms with Crippen molar-refractivity contribution in [2.75, 3.05) is 5.32 Å². The second kappa shape index (κ2) is 5.86. The molecule has 1 heterocycles. The van der Waals surface area contributed by atoms with E-state index in [1.807, 2.05) is 19.9 Å². The summed E-state index contributed by atoms with van der Waals surface area (Å²) in [5, 5.41) is 11.3.